The number of nitrogens with one attached hydrogen (secondary N) is 1. The summed E-state index contributed by atoms with van der Waals surface area (Å²) in [6, 6.07) is 5.87. The number of carbonyl (C=O) groups is 1. The number of ether oxygens (including phenoxy) is 1. The number of aromatic amines is 1. The molecule has 0 bridgehead atoms. The van der Waals surface area contributed by atoms with Crippen LogP contribution in [0.25, 0.3) is 22.2 Å². The summed E-state index contributed by atoms with van der Waals surface area (Å²) in [7, 11) is 3.69. The lowest BCUT2D eigenvalue weighted by molar-refractivity contribution is -0.132. The molecular formula is C20H23N5O2. The number of H-pyrrole nitrogens is 1. The van der Waals surface area contributed by atoms with Crippen molar-refractivity contribution in [1.29, 1.82) is 0 Å². The van der Waals surface area contributed by atoms with Crippen molar-refractivity contribution < 1.29 is 9.53 Å². The zero-order valence-corrected chi connectivity index (χ0v) is 15.6. The molecule has 140 valence electrons. The van der Waals surface area contributed by atoms with Gasteiger partial charge in [0.15, 0.2) is 0 Å². The van der Waals surface area contributed by atoms with E-state index in [1.807, 2.05) is 29.3 Å². The molecule has 0 aliphatic carbocycles. The number of carbonyl (C=O) groups excluding carboxylic acids is 1. The monoisotopic (exact) mass is 365 g/mol. The first-order valence-corrected chi connectivity index (χ1v) is 9.07. The lowest BCUT2D eigenvalue weighted by Crippen LogP contribution is -2.47. The summed E-state index contributed by atoms with van der Waals surface area (Å²) in [5.74, 6) is 0.720. The number of rotatable bonds is 4. The van der Waals surface area contributed by atoms with Crippen molar-refractivity contribution in [3.63, 3.8) is 0 Å². The van der Waals surface area contributed by atoms with Crippen LogP contribution in [0.3, 0.4) is 0 Å². The lowest BCUT2D eigenvalue weighted by Gasteiger charge is -2.32. The van der Waals surface area contributed by atoms with Gasteiger partial charge in [-0.05, 0) is 30.8 Å². The van der Waals surface area contributed by atoms with Gasteiger partial charge in [-0.1, -0.05) is 0 Å². The number of likely N-dealkylation sites (N-methyl/N-ethyl adjacent to an activating group) is 1. The van der Waals surface area contributed by atoms with Gasteiger partial charge in [-0.2, -0.15) is 0 Å². The van der Waals surface area contributed by atoms with Gasteiger partial charge in [-0.3, -0.25) is 4.79 Å². The molecule has 0 spiro atoms. The number of amides is 1. The molecule has 4 heterocycles. The molecule has 4 rings (SSSR count). The number of methoxy groups -OCH3 is 1. The van der Waals surface area contributed by atoms with E-state index in [0.29, 0.717) is 12.3 Å². The predicted molar refractivity (Wildman–Crippen MR) is 104 cm³/mol. The number of hydrogen-bond acceptors (Lipinski definition) is 5. The minimum atomic E-state index is 0.161. The van der Waals surface area contributed by atoms with Crippen LogP contribution in [0.15, 0.2) is 36.8 Å². The molecule has 1 N–H and O–H groups in total. The molecule has 1 fully saturated rings. The third-order valence-corrected chi connectivity index (χ3v) is 5.09. The van der Waals surface area contributed by atoms with Crippen LogP contribution < -0.4 is 4.74 Å². The third kappa shape index (κ3) is 3.50. The fourth-order valence-electron chi connectivity index (χ4n) is 3.46. The van der Waals surface area contributed by atoms with Crippen LogP contribution in [0.4, 0.5) is 0 Å². The van der Waals surface area contributed by atoms with Gasteiger partial charge in [0.25, 0.3) is 0 Å². The predicted octanol–water partition coefficient (Wildman–Crippen LogP) is 1.95. The highest BCUT2D eigenvalue weighted by Gasteiger charge is 2.20. The third-order valence-electron chi connectivity index (χ3n) is 5.09. The molecule has 0 atom stereocenters. The Hall–Kier alpha value is -2.93. The number of piperazine rings is 1. The van der Waals surface area contributed by atoms with Gasteiger partial charge in [0.05, 0.1) is 13.5 Å². The second kappa shape index (κ2) is 7.36. The van der Waals surface area contributed by atoms with Gasteiger partial charge in [0.2, 0.25) is 11.8 Å². The maximum atomic E-state index is 12.7. The normalized spacial score (nSPS) is 15.3. The number of nitrogens with zero attached hydrogens (tertiary/aromatic N) is 4. The molecule has 3 aromatic heterocycles. The van der Waals surface area contributed by atoms with E-state index in [-0.39, 0.29) is 5.91 Å². The molecule has 0 radical (unpaired) electrons. The summed E-state index contributed by atoms with van der Waals surface area (Å²) < 4.78 is 5.36. The summed E-state index contributed by atoms with van der Waals surface area (Å²) in [5.41, 5.74) is 3.54. The Morgan fingerprint density at radius 3 is 2.85 bits per heavy atom. The van der Waals surface area contributed by atoms with Crippen LogP contribution in [0.2, 0.25) is 0 Å². The van der Waals surface area contributed by atoms with Crippen LogP contribution >= 0.6 is 0 Å². The summed E-state index contributed by atoms with van der Waals surface area (Å²) in [6.45, 7) is 3.42. The van der Waals surface area contributed by atoms with E-state index < -0.39 is 0 Å². The minimum Gasteiger partial charge on any atom is -0.481 e. The van der Waals surface area contributed by atoms with Crippen molar-refractivity contribution in [2.75, 3.05) is 40.3 Å². The molecule has 0 aromatic carbocycles. The summed E-state index contributed by atoms with van der Waals surface area (Å²) in [4.78, 5) is 28.8. The quantitative estimate of drug-likeness (QED) is 0.765. The molecule has 1 amide bonds. The van der Waals surface area contributed by atoms with Crippen LogP contribution in [0, 0.1) is 0 Å². The van der Waals surface area contributed by atoms with Crippen LogP contribution in [0.5, 0.6) is 5.88 Å². The van der Waals surface area contributed by atoms with E-state index in [4.69, 9.17) is 4.74 Å². The first kappa shape index (κ1) is 17.5. The smallest absolute Gasteiger partial charge is 0.227 e. The Labute approximate surface area is 158 Å². The fourth-order valence-corrected chi connectivity index (χ4v) is 3.46. The van der Waals surface area contributed by atoms with Crippen molar-refractivity contribution in [3.8, 4) is 17.0 Å². The van der Waals surface area contributed by atoms with Crippen LogP contribution in [-0.4, -0.2) is 71.0 Å². The average Bonchev–Trinajstić information content (AvgIpc) is 3.10. The summed E-state index contributed by atoms with van der Waals surface area (Å²) in [6.07, 6.45) is 5.75. The van der Waals surface area contributed by atoms with Gasteiger partial charge in [-0.15, -0.1) is 0 Å². The molecule has 1 aliphatic rings. The van der Waals surface area contributed by atoms with E-state index in [1.165, 1.54) is 0 Å². The molecule has 3 aromatic rings. The van der Waals surface area contributed by atoms with E-state index >= 15 is 0 Å². The largest absolute Gasteiger partial charge is 0.481 e. The topological polar surface area (TPSA) is 74.3 Å². The highest BCUT2D eigenvalue weighted by atomic mass is 16.5. The van der Waals surface area contributed by atoms with Gasteiger partial charge < -0.3 is 19.5 Å². The molecule has 0 unspecified atom stereocenters. The SMILES string of the molecule is COc1ncccc1-c1cnc2[nH]cc(CC(=O)N3CCN(C)CC3)c2c1. The molecule has 1 saturated heterocycles. The van der Waals surface area contributed by atoms with Gasteiger partial charge in [0, 0.05) is 61.3 Å². The van der Waals surface area contributed by atoms with Crippen molar-refractivity contribution in [1.82, 2.24) is 24.8 Å². The number of pyridine rings is 2. The van der Waals surface area contributed by atoms with Crippen molar-refractivity contribution >= 4 is 16.9 Å². The second-order valence-electron chi connectivity index (χ2n) is 6.86. The Morgan fingerprint density at radius 1 is 1.26 bits per heavy atom. The number of fused-ring (bicyclic) bond motifs is 1. The fraction of sp³-hybridized carbons (Fsp3) is 0.350. The first-order valence-electron chi connectivity index (χ1n) is 9.07. The second-order valence-corrected chi connectivity index (χ2v) is 6.86. The van der Waals surface area contributed by atoms with E-state index in [1.54, 1.807) is 19.5 Å². The minimum absolute atomic E-state index is 0.161. The van der Waals surface area contributed by atoms with Gasteiger partial charge >= 0.3 is 0 Å². The summed E-state index contributed by atoms with van der Waals surface area (Å²) >= 11 is 0. The Bertz CT molecular complexity index is 960. The molecular weight excluding hydrogens is 342 g/mol. The molecule has 7 heteroatoms. The highest BCUT2D eigenvalue weighted by Crippen LogP contribution is 2.30. The molecule has 7 nitrogen and oxygen atoms in total. The zero-order chi connectivity index (χ0) is 18.8. The van der Waals surface area contributed by atoms with Gasteiger partial charge in [-0.25, -0.2) is 9.97 Å². The van der Waals surface area contributed by atoms with E-state index in [2.05, 4.69) is 26.9 Å². The molecule has 27 heavy (non-hydrogen) atoms. The number of hydrogen-bond donors (Lipinski definition) is 1. The molecule has 0 saturated carbocycles. The van der Waals surface area contributed by atoms with E-state index in [0.717, 1.165) is 53.9 Å². The highest BCUT2D eigenvalue weighted by molar-refractivity contribution is 5.90. The van der Waals surface area contributed by atoms with Crippen LogP contribution in [-0.2, 0) is 11.2 Å². The Morgan fingerprint density at radius 2 is 2.07 bits per heavy atom. The lowest BCUT2D eigenvalue weighted by atomic mass is 10.1. The zero-order valence-electron chi connectivity index (χ0n) is 15.6. The first-order chi connectivity index (χ1) is 13.2. The maximum Gasteiger partial charge on any atom is 0.227 e. The Balaban J connectivity index is 1.62. The average molecular weight is 365 g/mol. The van der Waals surface area contributed by atoms with Crippen molar-refractivity contribution in [2.24, 2.45) is 0 Å². The van der Waals surface area contributed by atoms with Crippen LogP contribution in [0.1, 0.15) is 5.56 Å². The van der Waals surface area contributed by atoms with E-state index in [9.17, 15) is 4.79 Å². The van der Waals surface area contributed by atoms with Crippen molar-refractivity contribution in [3.05, 3.63) is 42.4 Å². The summed E-state index contributed by atoms with van der Waals surface area (Å²) in [5, 5.41) is 0.959. The van der Waals surface area contributed by atoms with Crippen molar-refractivity contribution in [2.45, 2.75) is 6.42 Å². The number of aromatic nitrogens is 3. The maximum absolute atomic E-state index is 12.7. The Kier molecular flexibility index (Phi) is 4.77. The van der Waals surface area contributed by atoms with Gasteiger partial charge in [0.1, 0.15) is 5.65 Å². The molecule has 1 aliphatic heterocycles. The standard InChI is InChI=1S/C20H23N5O2/c1-24-6-8-25(9-7-24)18(26)11-15-13-23-19-17(15)10-14(12-22-19)16-4-3-5-21-20(16)27-2/h3-5,10,12-13H,6-9,11H2,1-2H3,(H,22,23).